The summed E-state index contributed by atoms with van der Waals surface area (Å²) in [4.78, 5) is 1.26. The molecular formula is C14H16O2S. The highest BCUT2D eigenvalue weighted by molar-refractivity contribution is 7.98. The van der Waals surface area contributed by atoms with Crippen LogP contribution >= 0.6 is 11.8 Å². The van der Waals surface area contributed by atoms with Gasteiger partial charge in [0, 0.05) is 4.90 Å². The molecule has 0 N–H and O–H groups in total. The minimum atomic E-state index is 0.776. The van der Waals surface area contributed by atoms with Crippen molar-refractivity contribution in [3.05, 3.63) is 29.8 Å². The second-order valence-electron chi connectivity index (χ2n) is 3.90. The predicted molar refractivity (Wildman–Crippen MR) is 73.6 cm³/mol. The summed E-state index contributed by atoms with van der Waals surface area (Å²) >= 11 is 1.75. The van der Waals surface area contributed by atoms with Gasteiger partial charge in [0.1, 0.15) is 0 Å². The molecule has 0 fully saturated rings. The topological polar surface area (TPSA) is 18.5 Å². The van der Waals surface area contributed by atoms with Crippen LogP contribution in [0.3, 0.4) is 0 Å². The Kier molecular flexibility index (Phi) is 3.48. The Morgan fingerprint density at radius 2 is 1.59 bits per heavy atom. The van der Waals surface area contributed by atoms with Crippen molar-refractivity contribution in [3.8, 4) is 11.5 Å². The van der Waals surface area contributed by atoms with Crippen molar-refractivity contribution in [2.45, 2.75) is 11.8 Å². The maximum atomic E-state index is 5.34. The minimum absolute atomic E-state index is 0.776. The maximum absolute atomic E-state index is 5.34. The van der Waals surface area contributed by atoms with E-state index in [0.717, 1.165) is 11.5 Å². The molecule has 0 aromatic heterocycles. The average Bonchev–Trinajstić information content (AvgIpc) is 2.35. The van der Waals surface area contributed by atoms with Gasteiger partial charge in [0.25, 0.3) is 0 Å². The molecular weight excluding hydrogens is 232 g/mol. The zero-order valence-corrected chi connectivity index (χ0v) is 11.4. The summed E-state index contributed by atoms with van der Waals surface area (Å²) in [5.74, 6) is 1.55. The Hall–Kier alpha value is -1.35. The zero-order chi connectivity index (χ0) is 12.4. The molecule has 2 aromatic carbocycles. The van der Waals surface area contributed by atoms with Gasteiger partial charge in [-0.15, -0.1) is 11.8 Å². The highest BCUT2D eigenvalue weighted by Gasteiger charge is 2.09. The fraction of sp³-hybridized carbons (Fsp3) is 0.286. The summed E-state index contributed by atoms with van der Waals surface area (Å²) < 4.78 is 10.7. The molecule has 0 spiro atoms. The van der Waals surface area contributed by atoms with E-state index in [1.165, 1.54) is 21.2 Å². The van der Waals surface area contributed by atoms with Crippen LogP contribution in [0.2, 0.25) is 0 Å². The van der Waals surface area contributed by atoms with Crippen molar-refractivity contribution in [1.82, 2.24) is 0 Å². The summed E-state index contributed by atoms with van der Waals surface area (Å²) in [7, 11) is 3.33. The lowest BCUT2D eigenvalue weighted by atomic mass is 10.1. The molecule has 0 aliphatic rings. The number of aryl methyl sites for hydroxylation is 1. The number of hydrogen-bond acceptors (Lipinski definition) is 3. The van der Waals surface area contributed by atoms with Gasteiger partial charge in [-0.25, -0.2) is 0 Å². The second-order valence-corrected chi connectivity index (χ2v) is 4.74. The molecule has 2 nitrogen and oxygen atoms in total. The van der Waals surface area contributed by atoms with Crippen LogP contribution in [-0.4, -0.2) is 20.5 Å². The van der Waals surface area contributed by atoms with Crippen LogP contribution < -0.4 is 9.47 Å². The van der Waals surface area contributed by atoms with Crippen molar-refractivity contribution in [2.75, 3.05) is 20.5 Å². The van der Waals surface area contributed by atoms with Gasteiger partial charge in [0.15, 0.2) is 11.5 Å². The monoisotopic (exact) mass is 248 g/mol. The highest BCUT2D eigenvalue weighted by atomic mass is 32.2. The van der Waals surface area contributed by atoms with Crippen LogP contribution in [0.5, 0.6) is 11.5 Å². The molecule has 17 heavy (non-hydrogen) atoms. The van der Waals surface area contributed by atoms with Crippen LogP contribution in [-0.2, 0) is 0 Å². The first-order valence-corrected chi connectivity index (χ1v) is 6.62. The summed E-state index contributed by atoms with van der Waals surface area (Å²) in [6.07, 6.45) is 2.09. The van der Waals surface area contributed by atoms with E-state index in [-0.39, 0.29) is 0 Å². The standard InChI is InChI=1S/C14H16O2S/c1-9-5-10-7-12(15-2)13(16-3)8-11(10)14(6-9)17-4/h5-8H,1-4H3. The van der Waals surface area contributed by atoms with Crippen molar-refractivity contribution >= 4 is 22.5 Å². The third-order valence-corrected chi connectivity index (χ3v) is 3.56. The van der Waals surface area contributed by atoms with Gasteiger partial charge in [-0.05, 0) is 47.7 Å². The first-order valence-electron chi connectivity index (χ1n) is 5.40. The first-order chi connectivity index (χ1) is 8.19. The normalized spacial score (nSPS) is 10.6. The van der Waals surface area contributed by atoms with Gasteiger partial charge in [-0.1, -0.05) is 6.07 Å². The molecule has 2 rings (SSSR count). The lowest BCUT2D eigenvalue weighted by molar-refractivity contribution is 0.356. The molecule has 0 amide bonds. The number of benzene rings is 2. The van der Waals surface area contributed by atoms with Crippen LogP contribution in [0.15, 0.2) is 29.2 Å². The molecule has 90 valence electrons. The fourth-order valence-corrected chi connectivity index (χ4v) is 2.67. The highest BCUT2D eigenvalue weighted by Crippen LogP contribution is 2.36. The van der Waals surface area contributed by atoms with Gasteiger partial charge in [-0.2, -0.15) is 0 Å². The van der Waals surface area contributed by atoms with E-state index < -0.39 is 0 Å². The van der Waals surface area contributed by atoms with Crippen molar-refractivity contribution in [2.24, 2.45) is 0 Å². The summed E-state index contributed by atoms with van der Waals surface area (Å²) in [5.41, 5.74) is 1.26. The Balaban J connectivity index is 2.77. The summed E-state index contributed by atoms with van der Waals surface area (Å²) in [6.45, 7) is 2.11. The van der Waals surface area contributed by atoms with E-state index in [2.05, 4.69) is 25.3 Å². The number of hydrogen-bond donors (Lipinski definition) is 0. The third kappa shape index (κ3) is 2.20. The number of fused-ring (bicyclic) bond motifs is 1. The Morgan fingerprint density at radius 1 is 0.941 bits per heavy atom. The van der Waals surface area contributed by atoms with E-state index in [9.17, 15) is 0 Å². The van der Waals surface area contributed by atoms with Crippen molar-refractivity contribution < 1.29 is 9.47 Å². The number of rotatable bonds is 3. The van der Waals surface area contributed by atoms with Crippen LogP contribution in [0.1, 0.15) is 5.56 Å². The molecule has 0 heterocycles. The molecule has 0 radical (unpaired) electrons. The molecule has 0 aliphatic carbocycles. The molecule has 2 aromatic rings. The maximum Gasteiger partial charge on any atom is 0.161 e. The van der Waals surface area contributed by atoms with E-state index in [1.807, 2.05) is 12.1 Å². The molecule has 0 saturated carbocycles. The Labute approximate surface area is 106 Å². The lowest BCUT2D eigenvalue weighted by Crippen LogP contribution is -1.91. The minimum Gasteiger partial charge on any atom is -0.493 e. The zero-order valence-electron chi connectivity index (χ0n) is 10.5. The number of ether oxygens (including phenoxy) is 2. The van der Waals surface area contributed by atoms with Crippen molar-refractivity contribution in [3.63, 3.8) is 0 Å². The smallest absolute Gasteiger partial charge is 0.161 e. The average molecular weight is 248 g/mol. The first kappa shape index (κ1) is 12.1. The number of thioether (sulfide) groups is 1. The van der Waals surface area contributed by atoms with Gasteiger partial charge >= 0.3 is 0 Å². The van der Waals surface area contributed by atoms with E-state index in [1.54, 1.807) is 26.0 Å². The quantitative estimate of drug-likeness (QED) is 0.768. The molecule has 0 aliphatic heterocycles. The van der Waals surface area contributed by atoms with E-state index in [0.29, 0.717) is 0 Å². The number of methoxy groups -OCH3 is 2. The molecule has 0 bridgehead atoms. The predicted octanol–water partition coefficient (Wildman–Crippen LogP) is 3.89. The second kappa shape index (κ2) is 4.88. The molecule has 0 atom stereocenters. The van der Waals surface area contributed by atoms with Crippen LogP contribution in [0.25, 0.3) is 10.8 Å². The Morgan fingerprint density at radius 3 is 2.18 bits per heavy atom. The van der Waals surface area contributed by atoms with Gasteiger partial charge in [0.05, 0.1) is 14.2 Å². The van der Waals surface area contributed by atoms with E-state index in [4.69, 9.17) is 9.47 Å². The van der Waals surface area contributed by atoms with Crippen LogP contribution in [0, 0.1) is 6.92 Å². The van der Waals surface area contributed by atoms with Gasteiger partial charge in [0.2, 0.25) is 0 Å². The van der Waals surface area contributed by atoms with Gasteiger partial charge in [-0.3, -0.25) is 0 Å². The van der Waals surface area contributed by atoms with E-state index >= 15 is 0 Å². The lowest BCUT2D eigenvalue weighted by Gasteiger charge is -2.12. The molecule has 3 heteroatoms. The molecule has 0 unspecified atom stereocenters. The Bertz CT molecular complexity index is 549. The van der Waals surface area contributed by atoms with Gasteiger partial charge < -0.3 is 9.47 Å². The third-order valence-electron chi connectivity index (χ3n) is 2.78. The fourth-order valence-electron chi connectivity index (χ4n) is 1.97. The summed E-state index contributed by atoms with van der Waals surface area (Å²) in [6, 6.07) is 8.43. The summed E-state index contributed by atoms with van der Waals surface area (Å²) in [5, 5.41) is 2.40. The van der Waals surface area contributed by atoms with Crippen LogP contribution in [0.4, 0.5) is 0 Å². The SMILES string of the molecule is COc1cc2cc(C)cc(SC)c2cc1OC. The molecule has 0 saturated heterocycles. The van der Waals surface area contributed by atoms with Crippen molar-refractivity contribution in [1.29, 1.82) is 0 Å². The largest absolute Gasteiger partial charge is 0.493 e.